The van der Waals surface area contributed by atoms with Crippen molar-refractivity contribution in [3.63, 3.8) is 0 Å². The second-order valence-corrected chi connectivity index (χ2v) is 12.7. The van der Waals surface area contributed by atoms with Gasteiger partial charge >= 0.3 is 0 Å². The summed E-state index contributed by atoms with van der Waals surface area (Å²) in [5, 5.41) is 0. The van der Waals surface area contributed by atoms with Crippen LogP contribution < -0.4 is 4.74 Å². The highest BCUT2D eigenvalue weighted by Gasteiger charge is 2.66. The molecule has 5 heteroatoms. The molecule has 2 heterocycles. The van der Waals surface area contributed by atoms with Crippen molar-refractivity contribution in [3.8, 4) is 5.75 Å². The largest absolute Gasteiger partial charge is 0.492 e. The molecule has 0 amide bonds. The summed E-state index contributed by atoms with van der Waals surface area (Å²) in [5.74, 6) is 3.51. The minimum atomic E-state index is -0.512. The van der Waals surface area contributed by atoms with Crippen LogP contribution in [0.5, 0.6) is 5.75 Å². The summed E-state index contributed by atoms with van der Waals surface area (Å²) >= 11 is 0. The van der Waals surface area contributed by atoms with Gasteiger partial charge in [0.05, 0.1) is 0 Å². The first-order valence-corrected chi connectivity index (χ1v) is 14.7. The lowest BCUT2D eigenvalue weighted by Gasteiger charge is -2.57. The van der Waals surface area contributed by atoms with E-state index in [-0.39, 0.29) is 0 Å². The number of likely N-dealkylation sites (tertiary alicyclic amines) is 1. The van der Waals surface area contributed by atoms with E-state index in [9.17, 15) is 0 Å². The Hall–Kier alpha value is -1.14. The molecule has 192 valence electrons. The predicted molar refractivity (Wildman–Crippen MR) is 134 cm³/mol. The molecule has 1 aromatic rings. The number of nitrogens with zero attached hydrogens (tertiary/aromatic N) is 1. The zero-order chi connectivity index (χ0) is 23.3. The fourth-order valence-corrected chi connectivity index (χ4v) is 8.67. The molecule has 1 aromatic carbocycles. The van der Waals surface area contributed by atoms with Crippen LogP contribution in [0.3, 0.4) is 0 Å². The highest BCUT2D eigenvalue weighted by atomic mass is 17.3. The first-order valence-electron chi connectivity index (χ1n) is 14.7. The maximum absolute atomic E-state index is 6.89. The van der Waals surface area contributed by atoms with Crippen molar-refractivity contribution < 1.29 is 19.2 Å². The van der Waals surface area contributed by atoms with Crippen molar-refractivity contribution in [1.29, 1.82) is 0 Å². The van der Waals surface area contributed by atoms with Crippen LogP contribution in [0.2, 0.25) is 0 Å². The molecule has 35 heavy (non-hydrogen) atoms. The Morgan fingerprint density at radius 2 is 1.46 bits per heavy atom. The monoisotopic (exact) mass is 481 g/mol. The van der Waals surface area contributed by atoms with Gasteiger partial charge in [-0.25, -0.2) is 0 Å². The second kappa shape index (κ2) is 9.31. The topological polar surface area (TPSA) is 40.2 Å². The van der Waals surface area contributed by atoms with Crippen molar-refractivity contribution in [2.24, 2.45) is 23.7 Å². The van der Waals surface area contributed by atoms with Gasteiger partial charge in [-0.05, 0) is 106 Å². The van der Waals surface area contributed by atoms with Crippen LogP contribution in [0.15, 0.2) is 24.3 Å². The van der Waals surface area contributed by atoms with Gasteiger partial charge in [0.1, 0.15) is 12.4 Å². The molecule has 2 spiro atoms. The van der Waals surface area contributed by atoms with Crippen molar-refractivity contribution in [2.45, 2.75) is 101 Å². The van der Waals surface area contributed by atoms with Crippen molar-refractivity contribution in [3.05, 3.63) is 29.8 Å². The highest BCUT2D eigenvalue weighted by Crippen LogP contribution is 2.64. The van der Waals surface area contributed by atoms with Crippen molar-refractivity contribution >= 4 is 0 Å². The summed E-state index contributed by atoms with van der Waals surface area (Å²) in [5.41, 5.74) is 1.42. The van der Waals surface area contributed by atoms with Crippen LogP contribution >= 0.6 is 0 Å². The maximum atomic E-state index is 6.89. The van der Waals surface area contributed by atoms with E-state index in [1.165, 1.54) is 76.4 Å². The molecule has 0 atom stereocenters. The van der Waals surface area contributed by atoms with E-state index in [0.717, 1.165) is 56.4 Å². The van der Waals surface area contributed by atoms with Gasteiger partial charge in [-0.1, -0.05) is 25.0 Å². The van der Waals surface area contributed by atoms with Gasteiger partial charge in [0.15, 0.2) is 0 Å². The fraction of sp³-hybridized carbons (Fsp3) is 0.800. The number of hydrogen-bond acceptors (Lipinski definition) is 5. The number of rotatable bonds is 5. The van der Waals surface area contributed by atoms with Gasteiger partial charge in [0.25, 0.3) is 0 Å². The van der Waals surface area contributed by atoms with E-state index >= 15 is 0 Å². The van der Waals surface area contributed by atoms with Crippen LogP contribution in [-0.2, 0) is 14.5 Å². The first kappa shape index (κ1) is 23.0. The minimum absolute atomic E-state index is 0.438. The minimum Gasteiger partial charge on any atom is -0.492 e. The molecule has 2 saturated heterocycles. The molecule has 5 nitrogen and oxygen atoms in total. The zero-order valence-electron chi connectivity index (χ0n) is 21.3. The smallest absolute Gasteiger partial charge is 0.210 e. The molecule has 7 aliphatic rings. The summed E-state index contributed by atoms with van der Waals surface area (Å²) < 4.78 is 13.0. The third-order valence-corrected chi connectivity index (χ3v) is 10.4. The van der Waals surface area contributed by atoms with Gasteiger partial charge in [-0.2, -0.15) is 9.78 Å². The number of ether oxygens (including phenoxy) is 2. The molecule has 5 aliphatic carbocycles. The van der Waals surface area contributed by atoms with Gasteiger partial charge in [-0.3, -0.25) is 4.90 Å². The molecule has 0 N–H and O–H groups in total. The van der Waals surface area contributed by atoms with E-state index in [1.807, 2.05) is 0 Å². The Bertz CT molecular complexity index is 841. The number of benzene rings is 1. The molecule has 2 aliphatic heterocycles. The lowest BCUT2D eigenvalue weighted by atomic mass is 9.53. The quantitative estimate of drug-likeness (QED) is 0.454. The van der Waals surface area contributed by atoms with Crippen LogP contribution in [0, 0.1) is 23.7 Å². The van der Waals surface area contributed by atoms with E-state index in [1.54, 1.807) is 0 Å². The zero-order valence-corrected chi connectivity index (χ0v) is 21.3. The molecule has 0 radical (unpaired) electrons. The molecule has 5 saturated carbocycles. The van der Waals surface area contributed by atoms with Crippen LogP contribution in [-0.4, -0.2) is 42.7 Å². The summed E-state index contributed by atoms with van der Waals surface area (Å²) in [6, 6.07) is 8.88. The molecular formula is C30H43NO4. The SMILES string of the molecule is c1cc([C@H]2CC[C@]3(CC2)OO[C@]2(O3)C3CC4CC(C3)CC2C4)ccc1OCCN1CCCCCC1. The lowest BCUT2D eigenvalue weighted by molar-refractivity contribution is -0.390. The van der Waals surface area contributed by atoms with Crippen LogP contribution in [0.4, 0.5) is 0 Å². The van der Waals surface area contributed by atoms with Gasteiger partial charge < -0.3 is 9.47 Å². The van der Waals surface area contributed by atoms with E-state index in [2.05, 4.69) is 29.2 Å². The average molecular weight is 482 g/mol. The van der Waals surface area contributed by atoms with E-state index < -0.39 is 11.6 Å². The van der Waals surface area contributed by atoms with Crippen molar-refractivity contribution in [1.82, 2.24) is 4.90 Å². The normalized spacial score (nSPS) is 43.1. The first-order chi connectivity index (χ1) is 17.2. The molecule has 0 aromatic heterocycles. The third kappa shape index (κ3) is 4.35. The third-order valence-electron chi connectivity index (χ3n) is 10.4. The molecular weight excluding hydrogens is 438 g/mol. The summed E-state index contributed by atoms with van der Waals surface area (Å²) in [4.78, 5) is 14.9. The number of hydrogen-bond donors (Lipinski definition) is 0. The summed E-state index contributed by atoms with van der Waals surface area (Å²) in [6.45, 7) is 4.28. The lowest BCUT2D eigenvalue weighted by Crippen LogP contribution is -2.59. The molecule has 4 bridgehead atoms. The maximum Gasteiger partial charge on any atom is 0.210 e. The Kier molecular flexibility index (Phi) is 6.12. The van der Waals surface area contributed by atoms with Crippen LogP contribution in [0.25, 0.3) is 0 Å². The Morgan fingerprint density at radius 1 is 0.800 bits per heavy atom. The molecule has 7 fully saturated rings. The second-order valence-electron chi connectivity index (χ2n) is 12.7. The Morgan fingerprint density at radius 3 is 2.11 bits per heavy atom. The standard InChI is InChI=1S/C30H43NO4/c1-2-4-14-31(13-3-1)15-16-32-28-7-5-24(6-8-28)25-9-11-29(12-10-25)33-30(35-34-29)26-18-22-17-23(20-26)21-27(30)19-22/h5-8,22-23,25-27H,1-4,9-21H2/t22?,23?,25-,26?,27?,29+,30-. The highest BCUT2D eigenvalue weighted by molar-refractivity contribution is 5.30. The Balaban J connectivity index is 0.917. The fourth-order valence-electron chi connectivity index (χ4n) is 8.67. The summed E-state index contributed by atoms with van der Waals surface area (Å²) in [7, 11) is 0. The van der Waals surface area contributed by atoms with Crippen LogP contribution in [0.1, 0.15) is 95.0 Å². The molecule has 8 rings (SSSR count). The van der Waals surface area contributed by atoms with E-state index in [0.29, 0.717) is 17.8 Å². The van der Waals surface area contributed by atoms with Gasteiger partial charge in [-0.15, -0.1) is 0 Å². The molecule has 0 unspecified atom stereocenters. The van der Waals surface area contributed by atoms with Crippen molar-refractivity contribution in [2.75, 3.05) is 26.2 Å². The van der Waals surface area contributed by atoms with Gasteiger partial charge in [0, 0.05) is 31.2 Å². The summed E-state index contributed by atoms with van der Waals surface area (Å²) in [6.07, 6.45) is 16.0. The average Bonchev–Trinajstić information content (AvgIpc) is 3.04. The Labute approximate surface area is 210 Å². The van der Waals surface area contributed by atoms with E-state index in [4.69, 9.17) is 19.2 Å². The van der Waals surface area contributed by atoms with Gasteiger partial charge in [0.2, 0.25) is 11.6 Å². The predicted octanol–water partition coefficient (Wildman–Crippen LogP) is 6.43.